The minimum absolute atomic E-state index is 0.0334. The van der Waals surface area contributed by atoms with Crippen LogP contribution in [0.1, 0.15) is 49.6 Å². The van der Waals surface area contributed by atoms with E-state index >= 15 is 0 Å². The monoisotopic (exact) mass is 375 g/mol. The lowest BCUT2D eigenvalue weighted by atomic mass is 9.71. The molecule has 1 amide bonds. The molecule has 1 heterocycles. The predicted molar refractivity (Wildman–Crippen MR) is 110 cm³/mol. The summed E-state index contributed by atoms with van der Waals surface area (Å²) in [6.07, 6.45) is 1.89. The fourth-order valence-corrected chi connectivity index (χ4v) is 4.25. The summed E-state index contributed by atoms with van der Waals surface area (Å²) in [5.41, 5.74) is 3.06. The molecule has 28 heavy (non-hydrogen) atoms. The van der Waals surface area contributed by atoms with E-state index in [1.165, 1.54) is 15.8 Å². The van der Waals surface area contributed by atoms with Crippen LogP contribution in [0.25, 0.3) is 10.8 Å². The van der Waals surface area contributed by atoms with E-state index in [4.69, 9.17) is 0 Å². The lowest BCUT2D eigenvalue weighted by Gasteiger charge is -2.37. The van der Waals surface area contributed by atoms with Crippen LogP contribution < -0.4 is 10.9 Å². The van der Waals surface area contributed by atoms with Crippen LogP contribution in [0.2, 0.25) is 0 Å². The number of amides is 1. The summed E-state index contributed by atoms with van der Waals surface area (Å²) in [6, 6.07) is 15.6. The van der Waals surface area contributed by atoms with Crippen LogP contribution in [0, 0.1) is 6.92 Å². The van der Waals surface area contributed by atoms with Gasteiger partial charge in [-0.05, 0) is 42.4 Å². The van der Waals surface area contributed by atoms with Crippen LogP contribution in [-0.4, -0.2) is 15.7 Å². The highest BCUT2D eigenvalue weighted by Crippen LogP contribution is 2.41. The van der Waals surface area contributed by atoms with Gasteiger partial charge in [0.1, 0.15) is 6.54 Å². The van der Waals surface area contributed by atoms with Gasteiger partial charge in [-0.2, -0.15) is 5.10 Å². The van der Waals surface area contributed by atoms with Crippen LogP contribution in [0.5, 0.6) is 0 Å². The van der Waals surface area contributed by atoms with Crippen molar-refractivity contribution < 1.29 is 4.79 Å². The van der Waals surface area contributed by atoms with Gasteiger partial charge in [0, 0.05) is 5.39 Å². The summed E-state index contributed by atoms with van der Waals surface area (Å²) in [6.45, 7) is 6.26. The van der Waals surface area contributed by atoms with Gasteiger partial charge >= 0.3 is 0 Å². The van der Waals surface area contributed by atoms with Gasteiger partial charge in [0.15, 0.2) is 0 Å². The minimum Gasteiger partial charge on any atom is -0.348 e. The van der Waals surface area contributed by atoms with E-state index < -0.39 is 0 Å². The van der Waals surface area contributed by atoms with Crippen LogP contribution in [0.3, 0.4) is 0 Å². The fourth-order valence-electron chi connectivity index (χ4n) is 4.25. The number of carbonyl (C=O) groups excluding carboxylic acids is 1. The first-order chi connectivity index (χ1) is 13.4. The maximum absolute atomic E-state index is 12.7. The van der Waals surface area contributed by atoms with Crippen LogP contribution in [0.15, 0.2) is 53.3 Å². The molecule has 1 aliphatic carbocycles. The van der Waals surface area contributed by atoms with Crippen molar-refractivity contribution >= 4 is 16.7 Å². The Balaban J connectivity index is 1.59. The van der Waals surface area contributed by atoms with E-state index in [2.05, 4.69) is 36.4 Å². The van der Waals surface area contributed by atoms with Gasteiger partial charge in [-0.1, -0.05) is 56.3 Å². The van der Waals surface area contributed by atoms with Gasteiger partial charge in [0.25, 0.3) is 5.56 Å². The standard InChI is InChI=1S/C23H25N3O2/c1-15-16-8-4-5-9-17(16)22(28)26(25-15)14-21(27)24-20-12-13-23(2,3)19-11-7-6-10-18(19)20/h4-11,20H,12-14H2,1-3H3,(H,24,27)/t20-/m0/s1. The molecule has 3 aromatic rings. The molecule has 1 aromatic heterocycles. The quantitative estimate of drug-likeness (QED) is 0.760. The Morgan fingerprint density at radius 3 is 2.61 bits per heavy atom. The third-order valence-electron chi connectivity index (χ3n) is 5.80. The van der Waals surface area contributed by atoms with Gasteiger partial charge in [-0.15, -0.1) is 0 Å². The molecule has 1 atom stereocenters. The molecule has 0 aliphatic heterocycles. The van der Waals surface area contributed by atoms with Crippen molar-refractivity contribution in [2.45, 2.75) is 51.6 Å². The number of hydrogen-bond acceptors (Lipinski definition) is 3. The average Bonchev–Trinajstić information content (AvgIpc) is 2.68. The largest absolute Gasteiger partial charge is 0.348 e. The Labute approximate surface area is 164 Å². The highest BCUT2D eigenvalue weighted by atomic mass is 16.2. The van der Waals surface area contributed by atoms with Crippen LogP contribution in [0.4, 0.5) is 0 Å². The lowest BCUT2D eigenvalue weighted by molar-refractivity contribution is -0.122. The summed E-state index contributed by atoms with van der Waals surface area (Å²) < 4.78 is 1.27. The Morgan fingerprint density at radius 2 is 1.82 bits per heavy atom. The number of rotatable bonds is 3. The molecule has 0 unspecified atom stereocenters. The second-order valence-corrected chi connectivity index (χ2v) is 8.22. The number of hydrogen-bond donors (Lipinski definition) is 1. The first-order valence-corrected chi connectivity index (χ1v) is 9.72. The molecule has 0 saturated heterocycles. The van der Waals surface area contributed by atoms with E-state index in [0.29, 0.717) is 5.39 Å². The molecule has 4 rings (SSSR count). The molecule has 5 nitrogen and oxygen atoms in total. The lowest BCUT2D eigenvalue weighted by Crippen LogP contribution is -2.39. The fraction of sp³-hybridized carbons (Fsp3) is 0.348. The summed E-state index contributed by atoms with van der Waals surface area (Å²) in [7, 11) is 0. The average molecular weight is 375 g/mol. The summed E-state index contributed by atoms with van der Waals surface area (Å²) in [5, 5.41) is 8.88. The normalized spacial score (nSPS) is 17.9. The Bertz CT molecular complexity index is 1110. The molecule has 0 radical (unpaired) electrons. The van der Waals surface area contributed by atoms with E-state index in [9.17, 15) is 9.59 Å². The third kappa shape index (κ3) is 3.21. The molecule has 2 aromatic carbocycles. The number of benzene rings is 2. The van der Waals surface area contributed by atoms with Gasteiger partial charge in [0.2, 0.25) is 5.91 Å². The van der Waals surface area contributed by atoms with Gasteiger partial charge in [-0.25, -0.2) is 4.68 Å². The van der Waals surface area contributed by atoms with E-state index in [-0.39, 0.29) is 29.5 Å². The zero-order valence-corrected chi connectivity index (χ0v) is 16.5. The molecule has 0 spiro atoms. The van der Waals surface area contributed by atoms with E-state index in [1.807, 2.05) is 37.3 Å². The number of nitrogens with one attached hydrogen (secondary N) is 1. The molecular weight excluding hydrogens is 350 g/mol. The van der Waals surface area contributed by atoms with Crippen molar-refractivity contribution in [3.63, 3.8) is 0 Å². The first kappa shape index (κ1) is 18.4. The van der Waals surface area contributed by atoms with E-state index in [1.54, 1.807) is 6.07 Å². The molecule has 0 bridgehead atoms. The smallest absolute Gasteiger partial charge is 0.275 e. The van der Waals surface area contributed by atoms with Gasteiger partial charge in [0.05, 0.1) is 17.1 Å². The summed E-state index contributed by atoms with van der Waals surface area (Å²) >= 11 is 0. The number of fused-ring (bicyclic) bond motifs is 2. The van der Waals surface area contributed by atoms with Crippen molar-refractivity contribution in [3.05, 3.63) is 75.7 Å². The van der Waals surface area contributed by atoms with Gasteiger partial charge < -0.3 is 5.32 Å². The summed E-state index contributed by atoms with van der Waals surface area (Å²) in [5.74, 6) is -0.191. The number of aromatic nitrogens is 2. The highest BCUT2D eigenvalue weighted by Gasteiger charge is 2.32. The van der Waals surface area contributed by atoms with Crippen molar-refractivity contribution in [3.8, 4) is 0 Å². The van der Waals surface area contributed by atoms with Crippen molar-refractivity contribution in [2.24, 2.45) is 0 Å². The summed E-state index contributed by atoms with van der Waals surface area (Å²) in [4.78, 5) is 25.5. The molecule has 1 N–H and O–H groups in total. The molecular formula is C23H25N3O2. The Hall–Kier alpha value is -2.95. The SMILES string of the molecule is Cc1nn(CC(=O)N[C@H]2CCC(C)(C)c3ccccc32)c(=O)c2ccccc12. The Morgan fingerprint density at radius 1 is 1.14 bits per heavy atom. The third-order valence-corrected chi connectivity index (χ3v) is 5.80. The van der Waals surface area contributed by atoms with E-state index in [0.717, 1.165) is 23.9 Å². The molecule has 0 saturated carbocycles. The molecule has 5 heteroatoms. The zero-order chi connectivity index (χ0) is 19.9. The second kappa shape index (κ2) is 6.89. The maximum atomic E-state index is 12.7. The maximum Gasteiger partial charge on any atom is 0.275 e. The number of nitrogens with zero attached hydrogens (tertiary/aromatic N) is 2. The van der Waals surface area contributed by atoms with Crippen molar-refractivity contribution in [1.82, 2.24) is 15.1 Å². The highest BCUT2D eigenvalue weighted by molar-refractivity contribution is 5.83. The number of aryl methyl sites for hydroxylation is 1. The van der Waals surface area contributed by atoms with Crippen molar-refractivity contribution in [2.75, 3.05) is 0 Å². The van der Waals surface area contributed by atoms with Crippen LogP contribution in [-0.2, 0) is 16.8 Å². The predicted octanol–water partition coefficient (Wildman–Crippen LogP) is 3.63. The van der Waals surface area contributed by atoms with Crippen molar-refractivity contribution in [1.29, 1.82) is 0 Å². The first-order valence-electron chi connectivity index (χ1n) is 9.72. The molecule has 144 valence electrons. The van der Waals surface area contributed by atoms with Crippen LogP contribution >= 0.6 is 0 Å². The Kier molecular flexibility index (Phi) is 4.53. The minimum atomic E-state index is -0.235. The molecule has 1 aliphatic rings. The molecule has 0 fully saturated rings. The zero-order valence-electron chi connectivity index (χ0n) is 16.5. The topological polar surface area (TPSA) is 64.0 Å². The van der Waals surface area contributed by atoms with Gasteiger partial charge in [-0.3, -0.25) is 9.59 Å². The number of carbonyl (C=O) groups is 1. The second-order valence-electron chi connectivity index (χ2n) is 8.22.